The predicted molar refractivity (Wildman–Crippen MR) is 104 cm³/mol. The van der Waals surface area contributed by atoms with Crippen LogP contribution in [0.4, 0.5) is 0 Å². The summed E-state index contributed by atoms with van der Waals surface area (Å²) in [6.45, 7) is 11.2. The Labute approximate surface area is 151 Å². The van der Waals surface area contributed by atoms with Gasteiger partial charge in [-0.25, -0.2) is 0 Å². The molecule has 2 aromatic rings. The van der Waals surface area contributed by atoms with Crippen LogP contribution in [0.15, 0.2) is 54.4 Å². The van der Waals surface area contributed by atoms with Gasteiger partial charge in [0.2, 0.25) is 0 Å². The lowest BCUT2D eigenvalue weighted by Gasteiger charge is -2.41. The first-order valence-electron chi connectivity index (χ1n) is 9.40. The third-order valence-electron chi connectivity index (χ3n) is 5.03. The van der Waals surface area contributed by atoms with Crippen LogP contribution in [0, 0.1) is 0 Å². The Balaban J connectivity index is 1.52. The number of hydrogen-bond donors (Lipinski definition) is 0. The van der Waals surface area contributed by atoms with Crippen molar-refractivity contribution >= 4 is 6.08 Å². The Morgan fingerprint density at radius 1 is 1.16 bits per heavy atom. The fraction of sp³-hybridized carbons (Fsp3) is 0.476. The summed E-state index contributed by atoms with van der Waals surface area (Å²) in [6, 6.07) is 13.3. The molecular weight excluding hydrogens is 308 g/mol. The third-order valence-corrected chi connectivity index (χ3v) is 5.03. The largest absolute Gasteiger partial charge is 0.299 e. The van der Waals surface area contributed by atoms with Gasteiger partial charge in [0.1, 0.15) is 0 Å². The van der Waals surface area contributed by atoms with Gasteiger partial charge in [0.15, 0.2) is 0 Å². The monoisotopic (exact) mass is 338 g/mol. The van der Waals surface area contributed by atoms with Gasteiger partial charge in [-0.15, -0.1) is 0 Å². The molecule has 0 N–H and O–H groups in total. The molecule has 25 heavy (non-hydrogen) atoms. The second-order valence-electron chi connectivity index (χ2n) is 7.00. The molecular formula is C21H30N4. The van der Waals surface area contributed by atoms with Crippen molar-refractivity contribution in [3.8, 4) is 0 Å². The van der Waals surface area contributed by atoms with Gasteiger partial charge in [-0.05, 0) is 25.0 Å². The molecule has 3 rings (SSSR count). The van der Waals surface area contributed by atoms with Gasteiger partial charge in [-0.1, -0.05) is 48.9 Å². The van der Waals surface area contributed by atoms with E-state index in [4.69, 9.17) is 0 Å². The molecule has 1 aliphatic rings. The number of rotatable bonds is 7. The standard InChI is InChI=1S/C21H30N4/c1-3-21-18-23(13-15-25-11-7-10-22-25)12-14-24(21)17-19(2)16-20-8-5-4-6-9-20/h4-11,16,21H,3,12-15,17-18H2,1-2H3/b19-16+. The number of nitrogens with zero attached hydrogens (tertiary/aromatic N) is 4. The Kier molecular flexibility index (Phi) is 6.42. The van der Waals surface area contributed by atoms with Gasteiger partial charge in [0.05, 0.1) is 6.54 Å². The second kappa shape index (κ2) is 8.97. The first-order chi connectivity index (χ1) is 12.2. The summed E-state index contributed by atoms with van der Waals surface area (Å²) >= 11 is 0. The molecule has 0 bridgehead atoms. The maximum atomic E-state index is 4.31. The highest BCUT2D eigenvalue weighted by atomic mass is 15.3. The minimum Gasteiger partial charge on any atom is -0.299 e. The molecule has 1 fully saturated rings. The first-order valence-corrected chi connectivity index (χ1v) is 9.40. The maximum absolute atomic E-state index is 4.31. The zero-order valence-electron chi connectivity index (χ0n) is 15.5. The van der Waals surface area contributed by atoms with Crippen LogP contribution >= 0.6 is 0 Å². The predicted octanol–water partition coefficient (Wildman–Crippen LogP) is 3.38. The molecule has 1 aromatic heterocycles. The van der Waals surface area contributed by atoms with Crippen LogP contribution in [0.3, 0.4) is 0 Å². The van der Waals surface area contributed by atoms with Crippen molar-refractivity contribution < 1.29 is 0 Å². The maximum Gasteiger partial charge on any atom is 0.0536 e. The highest BCUT2D eigenvalue weighted by Crippen LogP contribution is 2.16. The quantitative estimate of drug-likeness (QED) is 0.773. The van der Waals surface area contributed by atoms with Crippen molar-refractivity contribution in [2.45, 2.75) is 32.9 Å². The number of aromatic nitrogens is 2. The number of benzene rings is 1. The molecule has 0 spiro atoms. The lowest BCUT2D eigenvalue weighted by atomic mass is 10.1. The summed E-state index contributed by atoms with van der Waals surface area (Å²) in [6.07, 6.45) is 7.42. The average molecular weight is 338 g/mol. The SMILES string of the molecule is CCC1CN(CCn2cccn2)CCN1C/C(C)=C/c1ccccc1. The molecule has 0 radical (unpaired) electrons. The summed E-state index contributed by atoms with van der Waals surface area (Å²) in [5.41, 5.74) is 2.74. The minimum absolute atomic E-state index is 0.644. The third kappa shape index (κ3) is 5.28. The zero-order chi connectivity index (χ0) is 17.5. The van der Waals surface area contributed by atoms with Crippen LogP contribution in [0.1, 0.15) is 25.8 Å². The van der Waals surface area contributed by atoms with Gasteiger partial charge >= 0.3 is 0 Å². The van der Waals surface area contributed by atoms with E-state index >= 15 is 0 Å². The van der Waals surface area contributed by atoms with Crippen LogP contribution in [0.25, 0.3) is 6.08 Å². The fourth-order valence-corrected chi connectivity index (χ4v) is 3.63. The van der Waals surface area contributed by atoms with E-state index in [0.717, 1.165) is 39.3 Å². The lowest BCUT2D eigenvalue weighted by molar-refractivity contribution is 0.0769. The van der Waals surface area contributed by atoms with E-state index in [1.165, 1.54) is 17.6 Å². The van der Waals surface area contributed by atoms with E-state index in [-0.39, 0.29) is 0 Å². The van der Waals surface area contributed by atoms with Gasteiger partial charge < -0.3 is 0 Å². The Morgan fingerprint density at radius 2 is 2.00 bits per heavy atom. The van der Waals surface area contributed by atoms with Crippen molar-refractivity contribution in [2.24, 2.45) is 0 Å². The Bertz CT molecular complexity index is 648. The molecule has 134 valence electrons. The van der Waals surface area contributed by atoms with Gasteiger partial charge in [0.25, 0.3) is 0 Å². The van der Waals surface area contributed by atoms with E-state index < -0.39 is 0 Å². The molecule has 0 aliphatic carbocycles. The zero-order valence-corrected chi connectivity index (χ0v) is 15.5. The Morgan fingerprint density at radius 3 is 2.72 bits per heavy atom. The first kappa shape index (κ1) is 17.9. The lowest BCUT2D eigenvalue weighted by Crippen LogP contribution is -2.53. The van der Waals surface area contributed by atoms with E-state index in [1.54, 1.807) is 0 Å². The summed E-state index contributed by atoms with van der Waals surface area (Å²) in [5.74, 6) is 0. The fourth-order valence-electron chi connectivity index (χ4n) is 3.63. The van der Waals surface area contributed by atoms with Crippen molar-refractivity contribution in [3.05, 3.63) is 59.9 Å². The van der Waals surface area contributed by atoms with Crippen LogP contribution in [-0.4, -0.2) is 58.3 Å². The van der Waals surface area contributed by atoms with Crippen LogP contribution in [-0.2, 0) is 6.54 Å². The molecule has 0 amide bonds. The summed E-state index contributed by atoms with van der Waals surface area (Å²) < 4.78 is 2.03. The smallest absolute Gasteiger partial charge is 0.0536 e. The summed E-state index contributed by atoms with van der Waals surface area (Å²) in [5, 5.41) is 4.31. The minimum atomic E-state index is 0.644. The van der Waals surface area contributed by atoms with Crippen molar-refractivity contribution in [1.29, 1.82) is 0 Å². The highest BCUT2D eigenvalue weighted by molar-refractivity contribution is 5.52. The van der Waals surface area contributed by atoms with E-state index in [0.29, 0.717) is 6.04 Å². The van der Waals surface area contributed by atoms with Gasteiger partial charge in [-0.2, -0.15) is 5.10 Å². The van der Waals surface area contributed by atoms with Crippen LogP contribution < -0.4 is 0 Å². The molecule has 1 aromatic carbocycles. The van der Waals surface area contributed by atoms with Gasteiger partial charge in [-0.3, -0.25) is 14.5 Å². The average Bonchev–Trinajstić information content (AvgIpc) is 3.15. The van der Waals surface area contributed by atoms with E-state index in [1.807, 2.05) is 23.1 Å². The van der Waals surface area contributed by atoms with Crippen LogP contribution in [0.2, 0.25) is 0 Å². The van der Waals surface area contributed by atoms with Crippen molar-refractivity contribution in [3.63, 3.8) is 0 Å². The highest BCUT2D eigenvalue weighted by Gasteiger charge is 2.25. The van der Waals surface area contributed by atoms with Crippen molar-refractivity contribution in [2.75, 3.05) is 32.7 Å². The van der Waals surface area contributed by atoms with Crippen LogP contribution in [0.5, 0.6) is 0 Å². The number of piperazine rings is 1. The van der Waals surface area contributed by atoms with Crippen molar-refractivity contribution in [1.82, 2.24) is 19.6 Å². The molecule has 1 aliphatic heterocycles. The Hall–Kier alpha value is -1.91. The molecule has 0 saturated carbocycles. The summed E-state index contributed by atoms with van der Waals surface area (Å²) in [7, 11) is 0. The summed E-state index contributed by atoms with van der Waals surface area (Å²) in [4.78, 5) is 5.24. The molecule has 1 unspecified atom stereocenters. The molecule has 4 heteroatoms. The normalized spacial score (nSPS) is 20.1. The molecule has 1 saturated heterocycles. The molecule has 1 atom stereocenters. The number of hydrogen-bond acceptors (Lipinski definition) is 3. The molecule has 2 heterocycles. The topological polar surface area (TPSA) is 24.3 Å². The molecule has 4 nitrogen and oxygen atoms in total. The van der Waals surface area contributed by atoms with E-state index in [9.17, 15) is 0 Å². The van der Waals surface area contributed by atoms with E-state index in [2.05, 4.69) is 65.2 Å². The second-order valence-corrected chi connectivity index (χ2v) is 7.00. The van der Waals surface area contributed by atoms with Gasteiger partial charge in [0, 0.05) is 51.2 Å².